The number of aryl methyl sites for hydroxylation is 2. The minimum Gasteiger partial charge on any atom is -0.508 e. The number of carbonyl (C=O) groups excluding carboxylic acids is 2. The summed E-state index contributed by atoms with van der Waals surface area (Å²) in [7, 11) is 0. The van der Waals surface area contributed by atoms with Gasteiger partial charge in [0, 0.05) is 127 Å². The molecule has 7 aromatic carbocycles. The molecule has 0 aromatic heterocycles. The lowest BCUT2D eigenvalue weighted by molar-refractivity contribution is 0.103. The van der Waals surface area contributed by atoms with Gasteiger partial charge in [0.05, 0.1) is 42.7 Å². The van der Waals surface area contributed by atoms with E-state index in [4.69, 9.17) is 15.3 Å². The van der Waals surface area contributed by atoms with Crippen molar-refractivity contribution >= 4 is 22.9 Å². The van der Waals surface area contributed by atoms with E-state index in [0.717, 1.165) is 69.7 Å². The molecule has 2 fully saturated rings. The van der Waals surface area contributed by atoms with E-state index in [1.54, 1.807) is 95.3 Å². The first kappa shape index (κ1) is 105. The van der Waals surface area contributed by atoms with E-state index in [2.05, 4.69) is 157 Å². The van der Waals surface area contributed by atoms with Crippen LogP contribution in [0.25, 0.3) is 0 Å². The van der Waals surface area contributed by atoms with Gasteiger partial charge >= 0.3 is 0 Å². The van der Waals surface area contributed by atoms with E-state index in [9.17, 15) is 50.4 Å². The molecule has 22 nitrogen and oxygen atoms in total. The molecule has 7 aromatic rings. The number of hydrogen-bond acceptors (Lipinski definition) is 22. The van der Waals surface area contributed by atoms with Crippen LogP contribution in [0.4, 0.5) is 11.4 Å². The van der Waals surface area contributed by atoms with Crippen LogP contribution >= 0.6 is 0 Å². The van der Waals surface area contributed by atoms with E-state index in [1.165, 1.54) is 25.0 Å². The Bertz CT molecular complexity index is 3930. The lowest BCUT2D eigenvalue weighted by atomic mass is 9.76. The minimum absolute atomic E-state index is 0.0164. The zero-order valence-electron chi connectivity index (χ0n) is 76.0. The van der Waals surface area contributed by atoms with Crippen molar-refractivity contribution in [1.82, 2.24) is 37.2 Å². The molecule has 2 aliphatic heterocycles. The Morgan fingerprint density at radius 3 is 1.03 bits per heavy atom. The molecule has 2 saturated heterocycles. The molecule has 0 radical (unpaired) electrons. The Morgan fingerprint density at radius 2 is 0.681 bits per heavy atom. The number of rotatable bonds is 29. The van der Waals surface area contributed by atoms with Gasteiger partial charge in [-0.05, 0) is 291 Å². The van der Waals surface area contributed by atoms with Gasteiger partial charge in [-0.1, -0.05) is 108 Å². The number of piperidine rings is 2. The number of phenols is 4. The molecule has 0 spiro atoms. The molecule has 7 unspecified atom stereocenters. The van der Waals surface area contributed by atoms with Crippen LogP contribution in [0.2, 0.25) is 0 Å². The predicted octanol–water partition coefficient (Wildman–Crippen LogP) is 13.7. The maximum atomic E-state index is 12.2. The molecule has 0 bridgehead atoms. The van der Waals surface area contributed by atoms with Gasteiger partial charge in [-0.25, -0.2) is 0 Å². The van der Waals surface area contributed by atoms with Gasteiger partial charge in [0.1, 0.15) is 23.0 Å². The number of anilines is 2. The molecule has 20 N–H and O–H groups in total. The second-order valence-electron chi connectivity index (χ2n) is 37.3. The third-order valence-corrected chi connectivity index (χ3v) is 19.3. The van der Waals surface area contributed by atoms with Crippen LogP contribution in [0.15, 0.2) is 152 Å². The molecule has 2 aliphatic rings. The topological polar surface area (TPSA) is 365 Å². The number of aliphatic hydroxyl groups excluding tert-OH is 7. The molecule has 22 heteroatoms. The predicted molar refractivity (Wildman–Crippen MR) is 489 cm³/mol. The molecular weight excluding hydrogens is 1500 g/mol. The van der Waals surface area contributed by atoms with Gasteiger partial charge in [-0.15, -0.1) is 0 Å². The van der Waals surface area contributed by atoms with Crippen LogP contribution in [0, 0.1) is 19.8 Å². The summed E-state index contributed by atoms with van der Waals surface area (Å²) in [5.41, 5.74) is 11.9. The standard InChI is InChI=1S/C18H31NO2.C16H17NO3.C16H17NO2.C13H28N2O.C12H26N2O.C12H19NO2.C10H15NO2/c1-12(20)10-19-11-13-8-14(17(2,3)4)16(21)15(9-13)18(5,6)7;1-11(18)10-17-14-6-2-12(3-7-14)16(20)13-4-8-15(19)9-5-13;1-12(18)11-17-15-9-7-14(8-10-15)16(19)13-5-3-2-4-6-13;1-10(16)8-14-9-11-6-12(2,3)15-13(4,5)7-11;1-9(15)8-13-10-6-11(2,3)14-12(4,5)7-10;1-8-4-11(5-9(2)12(8)15)7-13-6-10(3)14;1-8(12)6-11-7-9-2-4-10(13)5-3-9/h8-9,12,19-21H,10-11H2,1-7H3;2-9,11,17-19H,10H2,1H3;2-10,12,17-18H,11H2,1H3;10-11,14-16H,6-9H2,1-5H3;9-10,13-15H,6-8H2,1-5H3;4-5,10,13-15H,6-7H2,1-3H3;2-5,8,11-13H,6-7H2,1H3. The highest BCUT2D eigenvalue weighted by Crippen LogP contribution is 2.40. The first-order valence-corrected chi connectivity index (χ1v) is 42.2. The lowest BCUT2D eigenvalue weighted by Gasteiger charge is -2.47. The molecule has 2 heterocycles. The largest absolute Gasteiger partial charge is 0.508 e. The lowest BCUT2D eigenvalue weighted by Crippen LogP contribution is -2.62. The number of phenolic OH excluding ortho intramolecular Hbond substituents is 4. The summed E-state index contributed by atoms with van der Waals surface area (Å²) in [6.45, 7) is 54.1. The van der Waals surface area contributed by atoms with Crippen LogP contribution < -0.4 is 47.9 Å². The fourth-order valence-electron chi connectivity index (χ4n) is 14.5. The average molecular weight is 1650 g/mol. The fraction of sp³-hybridized carbons (Fsp3) is 0.546. The van der Waals surface area contributed by atoms with Gasteiger partial charge < -0.3 is 104 Å². The minimum atomic E-state index is -0.423. The zero-order chi connectivity index (χ0) is 89.8. The molecule has 0 aliphatic carbocycles. The maximum Gasteiger partial charge on any atom is 0.193 e. The van der Waals surface area contributed by atoms with Crippen LogP contribution in [0.3, 0.4) is 0 Å². The average Bonchev–Trinajstić information content (AvgIpc) is 0.738. The first-order chi connectivity index (χ1) is 55.2. The van der Waals surface area contributed by atoms with Crippen molar-refractivity contribution in [3.8, 4) is 23.0 Å². The SMILES string of the molecule is CC(O)CNC1CC(C)(C)NC(C)(C)C1.CC(O)CNCC1CC(C)(C)NC(C)(C)C1.CC(O)CNCc1cc(C(C)(C)C)c(O)c(C(C)(C)C)c1.CC(O)CNCc1ccc(O)cc1.CC(O)CNc1ccc(C(=O)c2ccc(O)cc2)cc1.CC(O)CNc1ccc(C(=O)c2ccccc2)cc1.Cc1cc(CNCC(C)O)cc(C)c1O. The quantitative estimate of drug-likeness (QED) is 0.0194. The third-order valence-electron chi connectivity index (χ3n) is 19.3. The Hall–Kier alpha value is -7.88. The van der Waals surface area contributed by atoms with Crippen molar-refractivity contribution < 1.29 is 65.8 Å². The van der Waals surface area contributed by atoms with Crippen LogP contribution in [-0.4, -0.2) is 191 Å². The molecule has 0 saturated carbocycles. The second kappa shape index (κ2) is 50.5. The van der Waals surface area contributed by atoms with Crippen molar-refractivity contribution in [2.75, 3.05) is 63.0 Å². The summed E-state index contributed by atoms with van der Waals surface area (Å²) in [5, 5.41) is 132. The number of carbonyl (C=O) groups is 2. The number of hydrogen-bond donors (Lipinski definition) is 20. The highest BCUT2D eigenvalue weighted by molar-refractivity contribution is 6.09. The summed E-state index contributed by atoms with van der Waals surface area (Å²) >= 11 is 0. The molecule has 7 atom stereocenters. The number of aliphatic hydroxyl groups is 7. The summed E-state index contributed by atoms with van der Waals surface area (Å²) in [5.74, 6) is 1.82. The Labute approximate surface area is 713 Å². The van der Waals surface area contributed by atoms with Crippen molar-refractivity contribution in [2.24, 2.45) is 5.92 Å². The van der Waals surface area contributed by atoms with E-state index in [0.29, 0.717) is 111 Å². The number of nitrogens with one attached hydrogen (secondary N) is 9. The Morgan fingerprint density at radius 1 is 0.378 bits per heavy atom. The molecule has 119 heavy (non-hydrogen) atoms. The maximum absolute atomic E-state index is 12.2. The molecule has 0 amide bonds. The van der Waals surface area contributed by atoms with Crippen molar-refractivity contribution in [3.05, 3.63) is 213 Å². The van der Waals surface area contributed by atoms with E-state index in [-0.39, 0.29) is 86.6 Å². The van der Waals surface area contributed by atoms with Crippen molar-refractivity contribution in [2.45, 2.75) is 286 Å². The van der Waals surface area contributed by atoms with Gasteiger partial charge in [-0.3, -0.25) is 9.59 Å². The van der Waals surface area contributed by atoms with E-state index < -0.39 is 12.2 Å². The van der Waals surface area contributed by atoms with Gasteiger partial charge in [0.15, 0.2) is 11.6 Å². The van der Waals surface area contributed by atoms with Gasteiger partial charge in [0.25, 0.3) is 0 Å². The highest BCUT2D eigenvalue weighted by Gasteiger charge is 2.39. The van der Waals surface area contributed by atoms with Crippen LogP contribution in [0.5, 0.6) is 23.0 Å². The summed E-state index contributed by atoms with van der Waals surface area (Å²) in [6.07, 6.45) is 2.29. The van der Waals surface area contributed by atoms with Crippen LogP contribution in [-0.2, 0) is 30.5 Å². The van der Waals surface area contributed by atoms with Gasteiger partial charge in [0.2, 0.25) is 0 Å². The first-order valence-electron chi connectivity index (χ1n) is 42.2. The van der Waals surface area contributed by atoms with Crippen LogP contribution in [0.1, 0.15) is 242 Å². The Kier molecular flexibility index (Phi) is 44.7. The highest BCUT2D eigenvalue weighted by atomic mass is 16.3. The number of aromatic hydroxyl groups is 4. The normalized spacial score (nSPS) is 16.5. The monoisotopic (exact) mass is 1650 g/mol. The molecule has 9 rings (SSSR count). The summed E-state index contributed by atoms with van der Waals surface area (Å²) in [6, 6.07) is 45.3. The molecular formula is C97H153N9O13. The van der Waals surface area contributed by atoms with Crippen molar-refractivity contribution in [1.29, 1.82) is 0 Å². The molecule has 664 valence electrons. The van der Waals surface area contributed by atoms with Gasteiger partial charge in [-0.2, -0.15) is 0 Å². The fourth-order valence-corrected chi connectivity index (χ4v) is 14.5. The van der Waals surface area contributed by atoms with E-state index >= 15 is 0 Å². The summed E-state index contributed by atoms with van der Waals surface area (Å²) in [4.78, 5) is 24.4. The second-order valence-corrected chi connectivity index (χ2v) is 37.3. The number of ketones is 2. The third kappa shape index (κ3) is 44.0. The smallest absolute Gasteiger partial charge is 0.193 e. The number of benzene rings is 7. The van der Waals surface area contributed by atoms with E-state index in [1.807, 2.05) is 94.4 Å². The zero-order valence-corrected chi connectivity index (χ0v) is 76.0. The Balaban J connectivity index is 0.000000361. The summed E-state index contributed by atoms with van der Waals surface area (Å²) < 4.78 is 0. The van der Waals surface area contributed by atoms with Crippen molar-refractivity contribution in [3.63, 3.8) is 0 Å².